The van der Waals surface area contributed by atoms with Gasteiger partial charge in [-0.1, -0.05) is 0 Å². The molecule has 0 aromatic rings. The molecule has 0 heterocycles. The van der Waals surface area contributed by atoms with Gasteiger partial charge >= 0.3 is 0 Å². The standard InChI is InChI=1S/C4H11O3P.C3H9O3P.C2H7O3P.3Y/c1-5-8(4,6-2)7-3;1-5-7(3,4)6-2;1-5-6(2,3)4;;;/h4H2,1-3H3;4H,3H2,1-2H3;3-4H,2H2,1H3;;;. The van der Waals surface area contributed by atoms with Gasteiger partial charge in [0.2, 0.25) is 22.7 Å². The van der Waals surface area contributed by atoms with Gasteiger partial charge in [0.05, 0.1) is 0 Å². The first-order valence-corrected chi connectivity index (χ1v) is 10.4. The summed E-state index contributed by atoms with van der Waals surface area (Å²) in [4.78, 5) is 25.0. The molecule has 0 rings (SSSR count). The molecule has 0 amide bonds. The second-order valence-electron chi connectivity index (χ2n) is 3.01. The number of hydrogen-bond acceptors (Lipinski definition) is 9. The molecule has 0 aliphatic heterocycles. The Bertz CT molecular complexity index is 365. The summed E-state index contributed by atoms with van der Waals surface area (Å²) in [6, 6.07) is 0. The largest absolute Gasteiger partial charge is 0.333 e. The molecule has 0 atom stereocenters. The maximum atomic E-state index is 8.69. The summed E-state index contributed by atoms with van der Waals surface area (Å²) < 4.78 is 27.3. The molecule has 0 fully saturated rings. The van der Waals surface area contributed by atoms with Gasteiger partial charge < -0.3 is 41.8 Å². The Kier molecular flexibility index (Phi) is 40.5. The Hall–Kier alpha value is 3.85. The Balaban J connectivity index is -0.0000000481. The summed E-state index contributed by atoms with van der Waals surface area (Å²) in [5.74, 6) is 0. The molecule has 15 heteroatoms. The molecule has 24 heavy (non-hydrogen) atoms. The Morgan fingerprint density at radius 2 is 0.750 bits per heavy atom. The molecule has 3 N–H and O–H groups in total. The molecule has 0 aromatic carbocycles. The van der Waals surface area contributed by atoms with Crippen molar-refractivity contribution in [3.63, 3.8) is 0 Å². The van der Waals surface area contributed by atoms with Gasteiger partial charge in [0, 0.05) is 141 Å². The van der Waals surface area contributed by atoms with Crippen molar-refractivity contribution in [2.75, 3.05) is 42.7 Å². The van der Waals surface area contributed by atoms with Crippen LogP contribution >= 0.6 is 22.7 Å². The first-order valence-electron chi connectivity index (χ1n) is 5.09. The summed E-state index contributed by atoms with van der Waals surface area (Å²) in [5.41, 5.74) is 0. The van der Waals surface area contributed by atoms with Gasteiger partial charge in [-0.2, -0.15) is 0 Å². The minimum absolute atomic E-state index is 0. The number of hydrogen-bond donors (Lipinski definition) is 3. The quantitative estimate of drug-likeness (QED) is 0.372. The van der Waals surface area contributed by atoms with Crippen LogP contribution in [0.5, 0.6) is 0 Å². The molecule has 0 aromatic heterocycles. The SMILES string of the molecule is C=P(O)(O)OC.C=P(O)(OC)OC.C=P(OC)(OC)OC.[Y].[Y].[Y]. The van der Waals surface area contributed by atoms with Crippen molar-refractivity contribution in [2.45, 2.75) is 0 Å². The van der Waals surface area contributed by atoms with Crippen LogP contribution in [0.25, 0.3) is 0 Å². The van der Waals surface area contributed by atoms with E-state index in [-0.39, 0.29) is 98.1 Å². The molecule has 0 spiro atoms. The van der Waals surface area contributed by atoms with Gasteiger partial charge in [-0.25, -0.2) is 0 Å². The number of rotatable bonds is 6. The van der Waals surface area contributed by atoms with E-state index in [4.69, 9.17) is 28.3 Å². The second kappa shape index (κ2) is 23.1. The molecule has 3 radical (unpaired) electrons. The molecule has 0 aliphatic carbocycles. The summed E-state index contributed by atoms with van der Waals surface area (Å²) in [5, 5.41) is 0. The van der Waals surface area contributed by atoms with E-state index in [0.29, 0.717) is 0 Å². The fourth-order valence-corrected chi connectivity index (χ4v) is 0.894. The minimum atomic E-state index is -3.15. The third kappa shape index (κ3) is 33.4. The Morgan fingerprint density at radius 3 is 0.750 bits per heavy atom. The van der Waals surface area contributed by atoms with Crippen molar-refractivity contribution in [2.24, 2.45) is 0 Å². The van der Waals surface area contributed by atoms with Crippen LogP contribution in [-0.4, -0.2) is 76.2 Å². The van der Waals surface area contributed by atoms with Gasteiger partial charge in [-0.05, 0) is 18.9 Å². The van der Waals surface area contributed by atoms with Crippen LogP contribution in [0, 0.1) is 0 Å². The normalized spacial score (nSPS) is 10.4. The average molecular weight is 639 g/mol. The van der Waals surface area contributed by atoms with Gasteiger partial charge in [-0.15, -0.1) is 0 Å². The van der Waals surface area contributed by atoms with Crippen LogP contribution in [0.3, 0.4) is 0 Å². The monoisotopic (exact) mass is 639 g/mol. The van der Waals surface area contributed by atoms with Crippen LogP contribution < -0.4 is 0 Å². The van der Waals surface area contributed by atoms with E-state index in [1.165, 1.54) is 42.7 Å². The molecule has 0 aliphatic rings. The van der Waals surface area contributed by atoms with Gasteiger partial charge in [0.1, 0.15) is 0 Å². The molecule has 9 nitrogen and oxygen atoms in total. The predicted octanol–water partition coefficient (Wildman–Crippen LogP) is 1.39. The van der Waals surface area contributed by atoms with Crippen LogP contribution in [-0.2, 0) is 125 Å². The first-order chi connectivity index (χ1) is 9.36. The molecular formula is C9H27O9P3Y3. The molecule has 0 bridgehead atoms. The smallest absolute Gasteiger partial charge is 0.249 e. The third-order valence-electron chi connectivity index (χ3n) is 1.70. The minimum Gasteiger partial charge on any atom is -0.333 e. The van der Waals surface area contributed by atoms with Crippen molar-refractivity contribution < 1.29 is 140 Å². The molecule has 0 saturated carbocycles. The maximum Gasteiger partial charge on any atom is 0.249 e. The fourth-order valence-electron chi connectivity index (χ4n) is 0.298. The zero-order valence-electron chi connectivity index (χ0n) is 15.0. The molecule has 141 valence electrons. The summed E-state index contributed by atoms with van der Waals surface area (Å²) in [6.45, 7) is 0. The van der Waals surface area contributed by atoms with E-state index in [1.54, 1.807) is 0 Å². The van der Waals surface area contributed by atoms with Gasteiger partial charge in [0.15, 0.2) is 0 Å². The Morgan fingerprint density at radius 1 is 0.542 bits per heavy atom. The van der Waals surface area contributed by atoms with E-state index in [9.17, 15) is 0 Å². The zero-order chi connectivity index (χ0) is 17.7. The summed E-state index contributed by atoms with van der Waals surface area (Å²) >= 11 is 0. The summed E-state index contributed by atoms with van der Waals surface area (Å²) in [6.07, 6.45) is 9.69. The van der Waals surface area contributed by atoms with Crippen molar-refractivity contribution in [1.29, 1.82) is 0 Å². The maximum absolute atomic E-state index is 8.69. The topological polar surface area (TPSA) is 116 Å². The van der Waals surface area contributed by atoms with E-state index in [2.05, 4.69) is 32.5 Å². The zero-order valence-corrected chi connectivity index (χ0v) is 26.2. The van der Waals surface area contributed by atoms with Crippen LogP contribution in [0.1, 0.15) is 0 Å². The molecule has 0 unspecified atom stereocenters. The van der Waals surface area contributed by atoms with Gasteiger partial charge in [-0.3, -0.25) is 0 Å². The summed E-state index contributed by atoms with van der Waals surface area (Å²) in [7, 11) is 0.458. The van der Waals surface area contributed by atoms with E-state index < -0.39 is 22.7 Å². The Labute approximate surface area is 221 Å². The third-order valence-corrected chi connectivity index (χ3v) is 5.09. The second-order valence-corrected chi connectivity index (χ2v) is 9.03. The van der Waals surface area contributed by atoms with E-state index >= 15 is 0 Å². The van der Waals surface area contributed by atoms with Crippen molar-refractivity contribution in [1.82, 2.24) is 0 Å². The van der Waals surface area contributed by atoms with Crippen LogP contribution in [0.15, 0.2) is 0 Å². The van der Waals surface area contributed by atoms with Crippen LogP contribution in [0.2, 0.25) is 0 Å². The fraction of sp³-hybridized carbons (Fsp3) is 0.667. The van der Waals surface area contributed by atoms with E-state index in [1.807, 2.05) is 0 Å². The first kappa shape index (κ1) is 42.1. The molecular weight excluding hydrogens is 612 g/mol. The average Bonchev–Trinajstić information content (AvgIpc) is 2.47. The van der Waals surface area contributed by atoms with E-state index in [0.717, 1.165) is 0 Å². The molecule has 0 saturated heterocycles. The van der Waals surface area contributed by atoms with Crippen molar-refractivity contribution in [3.8, 4) is 0 Å². The van der Waals surface area contributed by atoms with Crippen molar-refractivity contribution >= 4 is 41.6 Å². The van der Waals surface area contributed by atoms with Crippen LogP contribution in [0.4, 0.5) is 0 Å². The predicted molar refractivity (Wildman–Crippen MR) is 90.8 cm³/mol. The van der Waals surface area contributed by atoms with Gasteiger partial charge in [0.25, 0.3) is 0 Å². The van der Waals surface area contributed by atoms with Crippen molar-refractivity contribution in [3.05, 3.63) is 0 Å².